The van der Waals surface area contributed by atoms with E-state index in [0.29, 0.717) is 12.3 Å². The van der Waals surface area contributed by atoms with Crippen LogP contribution in [-0.4, -0.2) is 11.8 Å². The molecule has 0 saturated carbocycles. The minimum atomic E-state index is -0.476. The summed E-state index contributed by atoms with van der Waals surface area (Å²) in [5.41, 5.74) is 2.70. The number of hydrogen-bond donors (Lipinski definition) is 1. The van der Waals surface area contributed by atoms with Crippen LogP contribution in [-0.2, 0) is 6.54 Å². The molecule has 0 aliphatic carbocycles. The largest absolute Gasteiger partial charge is 0.361 e. The quantitative estimate of drug-likeness (QED) is 0.883. The van der Waals surface area contributed by atoms with E-state index in [1.54, 1.807) is 0 Å². The standard InChI is InChI=1S/C14H17FN2O/c1-10-14(11(2)18-17-10)13(8-15)16-9-12-6-4-3-5-7-12/h3-7,13,16H,8-9H2,1-2H3. The monoisotopic (exact) mass is 248 g/mol. The van der Waals surface area contributed by atoms with Crippen LogP contribution in [0.2, 0.25) is 0 Å². The van der Waals surface area contributed by atoms with Crippen molar-refractivity contribution in [3.63, 3.8) is 0 Å². The van der Waals surface area contributed by atoms with Gasteiger partial charge >= 0.3 is 0 Å². The average molecular weight is 248 g/mol. The Morgan fingerprint density at radius 1 is 1.28 bits per heavy atom. The van der Waals surface area contributed by atoms with Gasteiger partial charge in [0.15, 0.2) is 0 Å². The minimum Gasteiger partial charge on any atom is -0.361 e. The first-order valence-electron chi connectivity index (χ1n) is 5.98. The molecule has 0 radical (unpaired) electrons. The fourth-order valence-electron chi connectivity index (χ4n) is 2.06. The Labute approximate surface area is 106 Å². The third kappa shape index (κ3) is 2.76. The van der Waals surface area contributed by atoms with Crippen LogP contribution in [0.15, 0.2) is 34.9 Å². The predicted octanol–water partition coefficient (Wildman–Crippen LogP) is 3.09. The second-order valence-corrected chi connectivity index (χ2v) is 4.31. The lowest BCUT2D eigenvalue weighted by Gasteiger charge is -2.15. The number of aromatic nitrogens is 1. The number of nitrogens with one attached hydrogen (secondary N) is 1. The van der Waals surface area contributed by atoms with Crippen LogP contribution in [0.1, 0.15) is 28.6 Å². The van der Waals surface area contributed by atoms with E-state index in [0.717, 1.165) is 16.8 Å². The molecule has 1 aromatic heterocycles. The Morgan fingerprint density at radius 2 is 2.00 bits per heavy atom. The van der Waals surface area contributed by atoms with E-state index in [2.05, 4.69) is 10.5 Å². The summed E-state index contributed by atoms with van der Waals surface area (Å²) in [5, 5.41) is 7.05. The predicted molar refractivity (Wildman–Crippen MR) is 68.0 cm³/mol. The molecule has 1 N–H and O–H groups in total. The maximum Gasteiger partial charge on any atom is 0.138 e. The lowest BCUT2D eigenvalue weighted by Crippen LogP contribution is -2.23. The highest BCUT2D eigenvalue weighted by atomic mass is 19.1. The van der Waals surface area contributed by atoms with Crippen molar-refractivity contribution in [3.8, 4) is 0 Å². The van der Waals surface area contributed by atoms with Gasteiger partial charge in [-0.3, -0.25) is 0 Å². The van der Waals surface area contributed by atoms with E-state index in [4.69, 9.17) is 4.52 Å². The average Bonchev–Trinajstić information content (AvgIpc) is 2.73. The lowest BCUT2D eigenvalue weighted by molar-refractivity contribution is 0.367. The Kier molecular flexibility index (Phi) is 4.10. The number of aryl methyl sites for hydroxylation is 2. The summed E-state index contributed by atoms with van der Waals surface area (Å²) in [6.07, 6.45) is 0. The molecule has 96 valence electrons. The van der Waals surface area contributed by atoms with E-state index in [1.807, 2.05) is 44.2 Å². The van der Waals surface area contributed by atoms with E-state index >= 15 is 0 Å². The van der Waals surface area contributed by atoms with Crippen molar-refractivity contribution in [1.82, 2.24) is 10.5 Å². The van der Waals surface area contributed by atoms with Crippen molar-refractivity contribution >= 4 is 0 Å². The van der Waals surface area contributed by atoms with Crippen LogP contribution >= 0.6 is 0 Å². The summed E-state index contributed by atoms with van der Waals surface area (Å²) >= 11 is 0. The van der Waals surface area contributed by atoms with E-state index in [9.17, 15) is 4.39 Å². The molecule has 1 aromatic carbocycles. The van der Waals surface area contributed by atoms with Crippen molar-refractivity contribution < 1.29 is 8.91 Å². The number of benzene rings is 1. The molecular formula is C14H17FN2O. The molecule has 18 heavy (non-hydrogen) atoms. The molecule has 0 spiro atoms. The van der Waals surface area contributed by atoms with Gasteiger partial charge in [-0.1, -0.05) is 35.5 Å². The van der Waals surface area contributed by atoms with E-state index in [1.165, 1.54) is 0 Å². The van der Waals surface area contributed by atoms with Crippen molar-refractivity contribution in [2.24, 2.45) is 0 Å². The van der Waals surface area contributed by atoms with Gasteiger partial charge in [0.05, 0.1) is 11.7 Å². The summed E-state index contributed by atoms with van der Waals surface area (Å²) in [6, 6.07) is 9.56. The number of rotatable bonds is 5. The van der Waals surface area contributed by atoms with Crippen LogP contribution in [0.5, 0.6) is 0 Å². The molecule has 0 saturated heterocycles. The second kappa shape index (κ2) is 5.78. The first-order valence-corrected chi connectivity index (χ1v) is 5.98. The maximum atomic E-state index is 13.2. The van der Waals surface area contributed by atoms with Gasteiger partial charge in [0.25, 0.3) is 0 Å². The van der Waals surface area contributed by atoms with Crippen molar-refractivity contribution in [2.75, 3.05) is 6.67 Å². The molecule has 1 unspecified atom stereocenters. The Balaban J connectivity index is 2.07. The smallest absolute Gasteiger partial charge is 0.138 e. The Bertz CT molecular complexity index is 476. The topological polar surface area (TPSA) is 38.1 Å². The van der Waals surface area contributed by atoms with E-state index < -0.39 is 6.67 Å². The highest BCUT2D eigenvalue weighted by molar-refractivity contribution is 5.25. The zero-order chi connectivity index (χ0) is 13.0. The van der Waals surface area contributed by atoms with Crippen LogP contribution in [0.3, 0.4) is 0 Å². The van der Waals surface area contributed by atoms with Crippen LogP contribution < -0.4 is 5.32 Å². The highest BCUT2D eigenvalue weighted by Gasteiger charge is 2.19. The van der Waals surface area contributed by atoms with E-state index in [-0.39, 0.29) is 6.04 Å². The lowest BCUT2D eigenvalue weighted by atomic mass is 10.1. The molecule has 0 aliphatic heterocycles. The van der Waals surface area contributed by atoms with Gasteiger partial charge in [-0.25, -0.2) is 4.39 Å². The summed E-state index contributed by atoms with van der Waals surface area (Å²) in [6.45, 7) is 3.79. The third-order valence-electron chi connectivity index (χ3n) is 2.99. The van der Waals surface area contributed by atoms with Crippen LogP contribution in [0.25, 0.3) is 0 Å². The molecular weight excluding hydrogens is 231 g/mol. The minimum absolute atomic E-state index is 0.364. The third-order valence-corrected chi connectivity index (χ3v) is 2.99. The number of hydrogen-bond acceptors (Lipinski definition) is 3. The molecule has 0 bridgehead atoms. The Hall–Kier alpha value is -1.68. The highest BCUT2D eigenvalue weighted by Crippen LogP contribution is 2.22. The molecule has 3 nitrogen and oxygen atoms in total. The SMILES string of the molecule is Cc1noc(C)c1C(CF)NCc1ccccc1. The second-order valence-electron chi connectivity index (χ2n) is 4.31. The van der Waals surface area contributed by atoms with Gasteiger partial charge in [-0.15, -0.1) is 0 Å². The van der Waals surface area contributed by atoms with Gasteiger partial charge in [0.2, 0.25) is 0 Å². The van der Waals surface area contributed by atoms with Crippen LogP contribution in [0.4, 0.5) is 4.39 Å². The van der Waals surface area contributed by atoms with Crippen LogP contribution in [0, 0.1) is 13.8 Å². The first kappa shape index (κ1) is 12.8. The molecule has 1 atom stereocenters. The number of halogens is 1. The first-order chi connectivity index (χ1) is 8.72. The maximum absolute atomic E-state index is 13.2. The summed E-state index contributed by atoms with van der Waals surface area (Å²) in [7, 11) is 0. The molecule has 0 amide bonds. The fraction of sp³-hybridized carbons (Fsp3) is 0.357. The van der Waals surface area contributed by atoms with Gasteiger partial charge in [-0.05, 0) is 19.4 Å². The van der Waals surface area contributed by atoms with Gasteiger partial charge in [0, 0.05) is 12.1 Å². The van der Waals surface area contributed by atoms with Crippen molar-refractivity contribution in [3.05, 3.63) is 52.9 Å². The number of nitrogens with zero attached hydrogens (tertiary/aromatic N) is 1. The molecule has 0 aliphatic rings. The molecule has 0 fully saturated rings. The summed E-state index contributed by atoms with van der Waals surface area (Å²) in [5.74, 6) is 0.677. The zero-order valence-corrected chi connectivity index (χ0v) is 10.6. The zero-order valence-electron chi connectivity index (χ0n) is 10.6. The Morgan fingerprint density at radius 3 is 2.56 bits per heavy atom. The van der Waals surface area contributed by atoms with Crippen molar-refractivity contribution in [2.45, 2.75) is 26.4 Å². The van der Waals surface area contributed by atoms with Gasteiger partial charge in [0.1, 0.15) is 12.4 Å². The normalized spacial score (nSPS) is 12.6. The summed E-state index contributed by atoms with van der Waals surface area (Å²) < 4.78 is 18.2. The molecule has 2 aromatic rings. The number of alkyl halides is 1. The fourth-order valence-corrected chi connectivity index (χ4v) is 2.06. The molecule has 4 heteroatoms. The van der Waals surface area contributed by atoms with Gasteiger partial charge < -0.3 is 9.84 Å². The molecule has 1 heterocycles. The van der Waals surface area contributed by atoms with Crippen molar-refractivity contribution in [1.29, 1.82) is 0 Å². The van der Waals surface area contributed by atoms with Gasteiger partial charge in [-0.2, -0.15) is 0 Å². The summed E-state index contributed by atoms with van der Waals surface area (Å²) in [4.78, 5) is 0. The molecule has 2 rings (SSSR count).